The van der Waals surface area contributed by atoms with E-state index < -0.39 is 0 Å². The number of nitrogens with zero attached hydrogens (tertiary/aromatic N) is 4. The van der Waals surface area contributed by atoms with Crippen molar-refractivity contribution in [3.8, 4) is 11.4 Å². The molecule has 7 nitrogen and oxygen atoms in total. The molecule has 0 saturated heterocycles. The molecule has 0 aliphatic heterocycles. The number of hydrogen-bond acceptors (Lipinski definition) is 6. The van der Waals surface area contributed by atoms with E-state index in [1.165, 1.54) is 6.33 Å². The highest BCUT2D eigenvalue weighted by atomic mass is 35.5. The summed E-state index contributed by atoms with van der Waals surface area (Å²) in [5.41, 5.74) is 1.56. The van der Waals surface area contributed by atoms with Crippen molar-refractivity contribution in [2.75, 3.05) is 23.7 Å². The minimum atomic E-state index is 0.510. The van der Waals surface area contributed by atoms with Crippen LogP contribution in [0.4, 0.5) is 11.8 Å². The minimum absolute atomic E-state index is 0.510. The van der Waals surface area contributed by atoms with Gasteiger partial charge in [-0.25, -0.2) is 20.1 Å². The van der Waals surface area contributed by atoms with Gasteiger partial charge in [0.2, 0.25) is 5.95 Å². The van der Waals surface area contributed by atoms with E-state index in [4.69, 9.17) is 23.2 Å². The molecule has 0 atom stereocenters. The van der Waals surface area contributed by atoms with Gasteiger partial charge in [0, 0.05) is 29.1 Å². The van der Waals surface area contributed by atoms with Gasteiger partial charge >= 0.3 is 0 Å². The zero-order valence-corrected chi connectivity index (χ0v) is 15.6. The summed E-state index contributed by atoms with van der Waals surface area (Å²) in [7, 11) is 0. The molecule has 136 valence electrons. The first-order chi connectivity index (χ1) is 13.2. The zero-order valence-electron chi connectivity index (χ0n) is 14.1. The smallest absolute Gasteiger partial charge is 0.218 e. The van der Waals surface area contributed by atoms with Crippen molar-refractivity contribution in [2.24, 2.45) is 0 Å². The molecule has 0 unspecified atom stereocenters. The molecule has 4 aromatic rings. The molecule has 0 fully saturated rings. The molecular weight excluding hydrogens is 385 g/mol. The van der Waals surface area contributed by atoms with E-state index in [0.717, 1.165) is 22.3 Å². The Kier molecular flexibility index (Phi) is 5.04. The molecule has 2 aromatic heterocycles. The summed E-state index contributed by atoms with van der Waals surface area (Å²) in [6.45, 7) is 1.28. The fourth-order valence-electron chi connectivity index (χ4n) is 2.66. The lowest BCUT2D eigenvalue weighted by Gasteiger charge is -2.12. The van der Waals surface area contributed by atoms with Crippen LogP contribution in [0.3, 0.4) is 0 Å². The van der Waals surface area contributed by atoms with Gasteiger partial charge in [0.05, 0.1) is 10.5 Å². The molecule has 9 heteroatoms. The molecule has 2 heterocycles. The Hall–Kier alpha value is -2.90. The Bertz CT molecular complexity index is 1070. The van der Waals surface area contributed by atoms with Crippen molar-refractivity contribution in [3.05, 3.63) is 58.8 Å². The fourth-order valence-corrected chi connectivity index (χ4v) is 3.15. The highest BCUT2D eigenvalue weighted by molar-refractivity contribution is 6.36. The number of hydrogen-bond donors (Lipinski definition) is 3. The molecule has 0 bridgehead atoms. The first-order valence-corrected chi connectivity index (χ1v) is 9.01. The number of aromatic nitrogens is 5. The van der Waals surface area contributed by atoms with Crippen LogP contribution in [-0.4, -0.2) is 38.2 Å². The lowest BCUT2D eigenvalue weighted by atomic mass is 10.2. The topological polar surface area (TPSA) is 91.4 Å². The third-order valence-electron chi connectivity index (χ3n) is 3.90. The maximum atomic E-state index is 6.34. The summed E-state index contributed by atoms with van der Waals surface area (Å²) in [5, 5.41) is 15.1. The quantitative estimate of drug-likeness (QED) is 0.419. The first kappa shape index (κ1) is 17.5. The number of aromatic amines is 1. The number of rotatable bonds is 6. The van der Waals surface area contributed by atoms with Gasteiger partial charge in [0.1, 0.15) is 12.1 Å². The standard InChI is InChI=1S/C18H15Cl2N7/c19-11-5-6-12(14(20)9-11)17-25-15-4-2-1-3-13(15)16(26-17)21-7-8-22-18-23-10-24-27-18/h1-6,9-10H,7-8H2,(H,21,25,26)(H2,22,23,24,27). The van der Waals surface area contributed by atoms with Crippen molar-refractivity contribution in [2.45, 2.75) is 0 Å². The lowest BCUT2D eigenvalue weighted by Crippen LogP contribution is -2.15. The van der Waals surface area contributed by atoms with Crippen molar-refractivity contribution in [1.82, 2.24) is 25.1 Å². The molecule has 0 aliphatic rings. The molecule has 27 heavy (non-hydrogen) atoms. The van der Waals surface area contributed by atoms with Gasteiger partial charge in [0.25, 0.3) is 0 Å². The summed E-state index contributed by atoms with van der Waals surface area (Å²) in [4.78, 5) is 13.4. The average molecular weight is 400 g/mol. The number of H-pyrrole nitrogens is 1. The van der Waals surface area contributed by atoms with Gasteiger partial charge in [-0.1, -0.05) is 35.3 Å². The normalized spacial score (nSPS) is 10.9. The summed E-state index contributed by atoms with van der Waals surface area (Å²) in [6.07, 6.45) is 1.45. The molecule has 0 spiro atoms. The number of fused-ring (bicyclic) bond motifs is 1. The van der Waals surface area contributed by atoms with Gasteiger partial charge in [-0.3, -0.25) is 0 Å². The van der Waals surface area contributed by atoms with E-state index >= 15 is 0 Å². The third kappa shape index (κ3) is 3.94. The molecule has 4 rings (SSSR count). The Balaban J connectivity index is 1.62. The van der Waals surface area contributed by atoms with Gasteiger partial charge < -0.3 is 10.6 Å². The predicted molar refractivity (Wildman–Crippen MR) is 108 cm³/mol. The van der Waals surface area contributed by atoms with Crippen molar-refractivity contribution < 1.29 is 0 Å². The number of para-hydroxylation sites is 1. The van der Waals surface area contributed by atoms with Crippen molar-refractivity contribution >= 4 is 45.9 Å². The second kappa shape index (κ2) is 7.77. The van der Waals surface area contributed by atoms with Crippen LogP contribution in [0, 0.1) is 0 Å². The van der Waals surface area contributed by atoms with E-state index in [9.17, 15) is 0 Å². The van der Waals surface area contributed by atoms with Crippen LogP contribution in [0.1, 0.15) is 0 Å². The van der Waals surface area contributed by atoms with Crippen molar-refractivity contribution in [1.29, 1.82) is 0 Å². The average Bonchev–Trinajstić information content (AvgIpc) is 3.18. The molecule has 2 aromatic carbocycles. The summed E-state index contributed by atoms with van der Waals surface area (Å²) >= 11 is 12.3. The predicted octanol–water partition coefficient (Wildman–Crippen LogP) is 4.25. The Labute approximate surface area is 165 Å². The van der Waals surface area contributed by atoms with Gasteiger partial charge in [-0.05, 0) is 30.3 Å². The molecule has 0 amide bonds. The maximum Gasteiger partial charge on any atom is 0.218 e. The SMILES string of the molecule is Clc1ccc(-c2nc(NCCNc3ncn[nH]3)c3ccccc3n2)c(Cl)c1. The molecule has 3 N–H and O–H groups in total. The Morgan fingerprint density at radius 3 is 2.63 bits per heavy atom. The molecule has 0 radical (unpaired) electrons. The lowest BCUT2D eigenvalue weighted by molar-refractivity contribution is 1.02. The molecule has 0 aliphatic carbocycles. The Morgan fingerprint density at radius 1 is 0.963 bits per heavy atom. The molecular formula is C18H15Cl2N7. The third-order valence-corrected chi connectivity index (χ3v) is 4.45. The van der Waals surface area contributed by atoms with Crippen LogP contribution >= 0.6 is 23.2 Å². The number of benzene rings is 2. The van der Waals surface area contributed by atoms with E-state index in [0.29, 0.717) is 34.9 Å². The zero-order chi connectivity index (χ0) is 18.6. The largest absolute Gasteiger partial charge is 0.368 e. The van der Waals surface area contributed by atoms with Crippen LogP contribution in [0.15, 0.2) is 48.8 Å². The monoisotopic (exact) mass is 399 g/mol. The van der Waals surface area contributed by atoms with Crippen molar-refractivity contribution in [3.63, 3.8) is 0 Å². The highest BCUT2D eigenvalue weighted by Gasteiger charge is 2.12. The van der Waals surface area contributed by atoms with Gasteiger partial charge in [0.15, 0.2) is 5.82 Å². The van der Waals surface area contributed by atoms with Gasteiger partial charge in [-0.15, -0.1) is 0 Å². The summed E-state index contributed by atoms with van der Waals surface area (Å²) in [6, 6.07) is 13.1. The second-order valence-corrected chi connectivity index (χ2v) is 6.57. The maximum absolute atomic E-state index is 6.34. The van der Waals surface area contributed by atoms with Crippen LogP contribution in [-0.2, 0) is 0 Å². The van der Waals surface area contributed by atoms with E-state index in [1.54, 1.807) is 12.1 Å². The minimum Gasteiger partial charge on any atom is -0.368 e. The number of anilines is 2. The summed E-state index contributed by atoms with van der Waals surface area (Å²) in [5.74, 6) is 1.90. The molecule has 0 saturated carbocycles. The second-order valence-electron chi connectivity index (χ2n) is 5.72. The van der Waals surface area contributed by atoms with Gasteiger partial charge in [-0.2, -0.15) is 5.10 Å². The number of nitrogens with one attached hydrogen (secondary N) is 3. The fraction of sp³-hybridized carbons (Fsp3) is 0.111. The number of halogens is 2. The van der Waals surface area contributed by atoms with Crippen LogP contribution in [0.25, 0.3) is 22.3 Å². The van der Waals surface area contributed by atoms with Crippen LogP contribution < -0.4 is 10.6 Å². The summed E-state index contributed by atoms with van der Waals surface area (Å²) < 4.78 is 0. The Morgan fingerprint density at radius 2 is 1.81 bits per heavy atom. The van der Waals surface area contributed by atoms with E-state index in [-0.39, 0.29) is 0 Å². The van der Waals surface area contributed by atoms with Crippen LogP contribution in [0.5, 0.6) is 0 Å². The first-order valence-electron chi connectivity index (χ1n) is 8.26. The van der Waals surface area contributed by atoms with E-state index in [1.807, 2.05) is 30.3 Å². The van der Waals surface area contributed by atoms with E-state index in [2.05, 4.69) is 35.8 Å². The van der Waals surface area contributed by atoms with Crippen LogP contribution in [0.2, 0.25) is 10.0 Å². The highest BCUT2D eigenvalue weighted by Crippen LogP contribution is 2.31.